The highest BCUT2D eigenvalue weighted by molar-refractivity contribution is 7.89. The third-order valence-corrected chi connectivity index (χ3v) is 4.94. The molecular weight excluding hydrogens is 312 g/mol. The SMILES string of the molecule is Cn1ccnc1CNS(=O)(=O)c1ccc(-c2ccncc2)cc1. The van der Waals surface area contributed by atoms with Gasteiger partial charge in [-0.25, -0.2) is 18.1 Å². The van der Waals surface area contributed by atoms with Crippen LogP contribution in [-0.2, 0) is 23.6 Å². The number of pyridine rings is 1. The van der Waals surface area contributed by atoms with E-state index < -0.39 is 10.0 Å². The Kier molecular flexibility index (Phi) is 4.22. The molecule has 2 aromatic heterocycles. The van der Waals surface area contributed by atoms with Gasteiger partial charge in [-0.2, -0.15) is 0 Å². The lowest BCUT2D eigenvalue weighted by atomic mass is 10.1. The van der Waals surface area contributed by atoms with E-state index in [1.165, 1.54) is 0 Å². The van der Waals surface area contributed by atoms with Gasteiger partial charge in [-0.05, 0) is 35.4 Å². The zero-order chi connectivity index (χ0) is 16.3. The fourth-order valence-corrected chi connectivity index (χ4v) is 3.16. The molecule has 0 aliphatic carbocycles. The van der Waals surface area contributed by atoms with Crippen molar-refractivity contribution in [3.63, 3.8) is 0 Å². The Morgan fingerprint density at radius 3 is 2.26 bits per heavy atom. The Labute approximate surface area is 134 Å². The first kappa shape index (κ1) is 15.4. The van der Waals surface area contributed by atoms with Gasteiger partial charge in [0, 0.05) is 31.8 Å². The normalized spacial score (nSPS) is 11.5. The van der Waals surface area contributed by atoms with Gasteiger partial charge >= 0.3 is 0 Å². The second-order valence-electron chi connectivity index (χ2n) is 5.04. The highest BCUT2D eigenvalue weighted by Crippen LogP contribution is 2.20. The van der Waals surface area contributed by atoms with Gasteiger partial charge in [0.1, 0.15) is 5.82 Å². The molecule has 0 amide bonds. The molecule has 7 heteroatoms. The van der Waals surface area contributed by atoms with Crippen molar-refractivity contribution in [1.29, 1.82) is 0 Å². The Bertz CT molecular complexity index is 887. The molecule has 0 saturated carbocycles. The van der Waals surface area contributed by atoms with E-state index in [2.05, 4.69) is 14.7 Å². The van der Waals surface area contributed by atoms with Gasteiger partial charge in [-0.1, -0.05) is 12.1 Å². The molecular formula is C16H16N4O2S. The van der Waals surface area contributed by atoms with E-state index in [0.29, 0.717) is 5.82 Å². The minimum absolute atomic E-state index is 0.151. The second kappa shape index (κ2) is 6.31. The third kappa shape index (κ3) is 3.46. The summed E-state index contributed by atoms with van der Waals surface area (Å²) < 4.78 is 29.0. The summed E-state index contributed by atoms with van der Waals surface area (Å²) in [7, 11) is -1.75. The lowest BCUT2D eigenvalue weighted by molar-refractivity contribution is 0.577. The first-order chi connectivity index (χ1) is 11.1. The summed E-state index contributed by atoms with van der Waals surface area (Å²) in [5.74, 6) is 0.655. The van der Waals surface area contributed by atoms with E-state index >= 15 is 0 Å². The molecule has 23 heavy (non-hydrogen) atoms. The summed E-state index contributed by atoms with van der Waals surface area (Å²) in [5, 5.41) is 0. The highest BCUT2D eigenvalue weighted by Gasteiger charge is 2.14. The molecule has 0 saturated heterocycles. The molecule has 2 heterocycles. The standard InChI is InChI=1S/C16H16N4O2S/c1-20-11-10-18-16(20)12-19-23(21,22)15-4-2-13(3-5-15)14-6-8-17-9-7-14/h2-11,19H,12H2,1H3. The molecule has 3 rings (SSSR count). The number of aryl methyl sites for hydroxylation is 1. The lowest BCUT2D eigenvalue weighted by Crippen LogP contribution is -2.24. The quantitative estimate of drug-likeness (QED) is 0.777. The van der Waals surface area contributed by atoms with Crippen LogP contribution in [0.1, 0.15) is 5.82 Å². The molecule has 1 N–H and O–H groups in total. The molecule has 0 aliphatic heterocycles. The minimum Gasteiger partial charge on any atom is -0.337 e. The van der Waals surface area contributed by atoms with Crippen LogP contribution in [0.15, 0.2) is 66.1 Å². The molecule has 0 atom stereocenters. The Morgan fingerprint density at radius 1 is 1.00 bits per heavy atom. The second-order valence-corrected chi connectivity index (χ2v) is 6.81. The van der Waals surface area contributed by atoms with Crippen molar-refractivity contribution in [1.82, 2.24) is 19.3 Å². The number of nitrogens with one attached hydrogen (secondary N) is 1. The van der Waals surface area contributed by atoms with Crippen LogP contribution < -0.4 is 4.72 Å². The van der Waals surface area contributed by atoms with Gasteiger partial charge in [-0.15, -0.1) is 0 Å². The van der Waals surface area contributed by atoms with E-state index in [0.717, 1.165) is 11.1 Å². The van der Waals surface area contributed by atoms with Crippen molar-refractivity contribution in [3.05, 3.63) is 67.0 Å². The predicted molar refractivity (Wildman–Crippen MR) is 86.9 cm³/mol. The third-order valence-electron chi connectivity index (χ3n) is 3.52. The van der Waals surface area contributed by atoms with Crippen molar-refractivity contribution >= 4 is 10.0 Å². The molecule has 3 aromatic rings. The Hall–Kier alpha value is -2.51. The number of nitrogens with zero attached hydrogens (tertiary/aromatic N) is 3. The Balaban J connectivity index is 1.77. The summed E-state index contributed by atoms with van der Waals surface area (Å²) in [5.41, 5.74) is 1.93. The maximum absolute atomic E-state index is 12.3. The van der Waals surface area contributed by atoms with Gasteiger partial charge < -0.3 is 4.57 Å². The van der Waals surface area contributed by atoms with E-state index in [4.69, 9.17) is 0 Å². The number of benzene rings is 1. The van der Waals surface area contributed by atoms with Gasteiger partial charge in [0.15, 0.2) is 0 Å². The highest BCUT2D eigenvalue weighted by atomic mass is 32.2. The fraction of sp³-hybridized carbons (Fsp3) is 0.125. The number of hydrogen-bond donors (Lipinski definition) is 1. The first-order valence-corrected chi connectivity index (χ1v) is 8.51. The van der Waals surface area contributed by atoms with E-state index in [1.54, 1.807) is 53.6 Å². The number of aromatic nitrogens is 3. The van der Waals surface area contributed by atoms with Gasteiger partial charge in [0.25, 0.3) is 0 Å². The van der Waals surface area contributed by atoms with Crippen LogP contribution in [0.4, 0.5) is 0 Å². The van der Waals surface area contributed by atoms with Crippen LogP contribution in [0.5, 0.6) is 0 Å². The zero-order valence-electron chi connectivity index (χ0n) is 12.5. The van der Waals surface area contributed by atoms with Crippen LogP contribution in [0.3, 0.4) is 0 Å². The van der Waals surface area contributed by atoms with Gasteiger partial charge in [0.2, 0.25) is 10.0 Å². The first-order valence-electron chi connectivity index (χ1n) is 7.02. The molecule has 0 fully saturated rings. The molecule has 6 nitrogen and oxygen atoms in total. The smallest absolute Gasteiger partial charge is 0.240 e. The molecule has 118 valence electrons. The minimum atomic E-state index is -3.57. The number of rotatable bonds is 5. The van der Waals surface area contributed by atoms with Crippen molar-refractivity contribution in [2.75, 3.05) is 0 Å². The summed E-state index contributed by atoms with van der Waals surface area (Å²) in [6, 6.07) is 10.5. The summed E-state index contributed by atoms with van der Waals surface area (Å²) >= 11 is 0. The maximum atomic E-state index is 12.3. The average molecular weight is 328 g/mol. The molecule has 1 aromatic carbocycles. The zero-order valence-corrected chi connectivity index (χ0v) is 13.4. The van der Waals surface area contributed by atoms with Gasteiger partial charge in [0.05, 0.1) is 11.4 Å². The Morgan fingerprint density at radius 2 is 1.65 bits per heavy atom. The average Bonchev–Trinajstić information content (AvgIpc) is 2.99. The number of imidazole rings is 1. The summed E-state index contributed by atoms with van der Waals surface area (Å²) in [6.07, 6.45) is 6.81. The number of hydrogen-bond acceptors (Lipinski definition) is 4. The largest absolute Gasteiger partial charge is 0.337 e. The summed E-state index contributed by atoms with van der Waals surface area (Å²) in [4.78, 5) is 8.29. The summed E-state index contributed by atoms with van der Waals surface area (Å²) in [6.45, 7) is 0.151. The van der Waals surface area contributed by atoms with Crippen LogP contribution >= 0.6 is 0 Å². The molecule has 0 spiro atoms. The maximum Gasteiger partial charge on any atom is 0.240 e. The molecule has 0 aliphatic rings. The van der Waals surface area contributed by atoms with E-state index in [1.807, 2.05) is 19.2 Å². The fourth-order valence-electron chi connectivity index (χ4n) is 2.18. The van der Waals surface area contributed by atoms with Crippen LogP contribution in [0, 0.1) is 0 Å². The van der Waals surface area contributed by atoms with Crippen LogP contribution in [0.2, 0.25) is 0 Å². The van der Waals surface area contributed by atoms with Crippen molar-refractivity contribution < 1.29 is 8.42 Å². The van der Waals surface area contributed by atoms with Crippen LogP contribution in [0.25, 0.3) is 11.1 Å². The topological polar surface area (TPSA) is 76.9 Å². The predicted octanol–water partition coefficient (Wildman–Crippen LogP) is 1.96. The van der Waals surface area contributed by atoms with Crippen molar-refractivity contribution in [2.45, 2.75) is 11.4 Å². The van der Waals surface area contributed by atoms with Gasteiger partial charge in [-0.3, -0.25) is 4.98 Å². The van der Waals surface area contributed by atoms with E-state index in [9.17, 15) is 8.42 Å². The van der Waals surface area contributed by atoms with Crippen LogP contribution in [-0.4, -0.2) is 23.0 Å². The molecule has 0 radical (unpaired) electrons. The lowest BCUT2D eigenvalue weighted by Gasteiger charge is -2.08. The molecule has 0 bridgehead atoms. The molecule has 0 unspecified atom stereocenters. The number of sulfonamides is 1. The monoisotopic (exact) mass is 328 g/mol. The van der Waals surface area contributed by atoms with Crippen molar-refractivity contribution in [3.8, 4) is 11.1 Å². The van der Waals surface area contributed by atoms with E-state index in [-0.39, 0.29) is 11.4 Å². The van der Waals surface area contributed by atoms with Crippen molar-refractivity contribution in [2.24, 2.45) is 7.05 Å².